The van der Waals surface area contributed by atoms with Gasteiger partial charge in [0, 0.05) is 38.3 Å². The Morgan fingerprint density at radius 3 is 2.62 bits per heavy atom. The number of nitrogen functional groups attached to an aromatic ring is 1. The maximum absolute atomic E-state index is 13.3. The van der Waals surface area contributed by atoms with Crippen LogP contribution in [0.3, 0.4) is 0 Å². The summed E-state index contributed by atoms with van der Waals surface area (Å²) in [6, 6.07) is 10.8. The topological polar surface area (TPSA) is 71.7 Å². The molecular weight excluding hydrogens is 407 g/mol. The van der Waals surface area contributed by atoms with E-state index in [4.69, 9.17) is 10.5 Å². The SMILES string of the molecule is CC(=O)N1c2ccc(F)cc2CC(C)[C@@H]1C1CC1.Nc1cccc(CN2CCOCC2)n1. The van der Waals surface area contributed by atoms with Crippen molar-refractivity contribution >= 4 is 17.4 Å². The number of nitrogens with two attached hydrogens (primary N) is 1. The molecule has 1 aromatic heterocycles. The Labute approximate surface area is 189 Å². The van der Waals surface area contributed by atoms with Crippen molar-refractivity contribution in [2.24, 2.45) is 11.8 Å². The van der Waals surface area contributed by atoms with Crippen molar-refractivity contribution in [2.45, 2.75) is 45.7 Å². The number of hydrogen-bond acceptors (Lipinski definition) is 5. The number of ether oxygens (including phenoxy) is 1. The van der Waals surface area contributed by atoms with Gasteiger partial charge < -0.3 is 15.4 Å². The van der Waals surface area contributed by atoms with Gasteiger partial charge in [0.15, 0.2) is 0 Å². The van der Waals surface area contributed by atoms with Crippen LogP contribution < -0.4 is 10.6 Å². The molecule has 2 aromatic rings. The van der Waals surface area contributed by atoms with Gasteiger partial charge in [0.2, 0.25) is 5.91 Å². The number of carbonyl (C=O) groups excluding carboxylic acids is 1. The van der Waals surface area contributed by atoms with Crippen molar-refractivity contribution in [1.82, 2.24) is 9.88 Å². The minimum Gasteiger partial charge on any atom is -0.384 e. The number of morpholine rings is 1. The van der Waals surface area contributed by atoms with Crippen LogP contribution in [0.2, 0.25) is 0 Å². The number of nitrogens with zero attached hydrogens (tertiary/aromatic N) is 3. The molecule has 7 heteroatoms. The second-order valence-electron chi connectivity index (χ2n) is 9.11. The van der Waals surface area contributed by atoms with Crippen molar-refractivity contribution in [2.75, 3.05) is 36.9 Å². The third-order valence-electron chi connectivity index (χ3n) is 6.49. The quantitative estimate of drug-likeness (QED) is 0.789. The van der Waals surface area contributed by atoms with E-state index in [0.29, 0.717) is 23.7 Å². The molecule has 0 radical (unpaired) electrons. The molecule has 2 aliphatic heterocycles. The maximum atomic E-state index is 13.3. The molecule has 1 saturated carbocycles. The van der Waals surface area contributed by atoms with Crippen LogP contribution in [-0.2, 0) is 22.5 Å². The van der Waals surface area contributed by atoms with E-state index in [1.54, 1.807) is 19.1 Å². The number of fused-ring (bicyclic) bond motifs is 1. The molecule has 1 unspecified atom stereocenters. The first-order valence-electron chi connectivity index (χ1n) is 11.5. The lowest BCUT2D eigenvalue weighted by molar-refractivity contribution is -0.117. The molecule has 1 amide bonds. The molecule has 5 rings (SSSR count). The summed E-state index contributed by atoms with van der Waals surface area (Å²) in [5.41, 5.74) is 8.53. The normalized spacial score (nSPS) is 23.2. The molecule has 1 aromatic carbocycles. The molecule has 2 fully saturated rings. The number of rotatable bonds is 3. The molecule has 1 aliphatic carbocycles. The monoisotopic (exact) mass is 440 g/mol. The van der Waals surface area contributed by atoms with Crippen LogP contribution in [0.15, 0.2) is 36.4 Å². The highest BCUT2D eigenvalue weighted by atomic mass is 19.1. The Balaban J connectivity index is 0.000000158. The molecule has 172 valence electrons. The highest BCUT2D eigenvalue weighted by Gasteiger charge is 2.43. The van der Waals surface area contributed by atoms with Gasteiger partial charge in [-0.25, -0.2) is 9.37 Å². The number of aromatic nitrogens is 1. The van der Waals surface area contributed by atoms with Crippen LogP contribution in [0.5, 0.6) is 0 Å². The van der Waals surface area contributed by atoms with Gasteiger partial charge >= 0.3 is 0 Å². The maximum Gasteiger partial charge on any atom is 0.224 e. The fourth-order valence-corrected chi connectivity index (χ4v) is 4.90. The molecule has 2 atom stereocenters. The van der Waals surface area contributed by atoms with E-state index < -0.39 is 0 Å². The van der Waals surface area contributed by atoms with Crippen molar-refractivity contribution in [3.8, 4) is 0 Å². The Kier molecular flexibility index (Phi) is 7.06. The van der Waals surface area contributed by atoms with E-state index in [1.165, 1.54) is 18.9 Å². The van der Waals surface area contributed by atoms with Gasteiger partial charge in [-0.1, -0.05) is 13.0 Å². The highest BCUT2D eigenvalue weighted by Crippen LogP contribution is 2.45. The van der Waals surface area contributed by atoms with E-state index in [2.05, 4.69) is 16.8 Å². The zero-order valence-electron chi connectivity index (χ0n) is 19.0. The molecule has 3 aliphatic rings. The van der Waals surface area contributed by atoms with Gasteiger partial charge in [0.05, 0.1) is 18.9 Å². The van der Waals surface area contributed by atoms with E-state index in [1.807, 2.05) is 23.1 Å². The van der Waals surface area contributed by atoms with Crippen molar-refractivity contribution in [3.05, 3.63) is 53.5 Å². The van der Waals surface area contributed by atoms with E-state index >= 15 is 0 Å². The van der Waals surface area contributed by atoms with Crippen LogP contribution in [-0.4, -0.2) is 48.1 Å². The number of anilines is 2. The minimum absolute atomic E-state index is 0.0753. The Hall–Kier alpha value is -2.51. The van der Waals surface area contributed by atoms with Crippen molar-refractivity contribution < 1.29 is 13.9 Å². The zero-order valence-corrected chi connectivity index (χ0v) is 19.0. The highest BCUT2D eigenvalue weighted by molar-refractivity contribution is 5.93. The molecule has 32 heavy (non-hydrogen) atoms. The van der Waals surface area contributed by atoms with Gasteiger partial charge in [-0.15, -0.1) is 0 Å². The molecule has 3 heterocycles. The number of hydrogen-bond donors (Lipinski definition) is 1. The third-order valence-corrected chi connectivity index (χ3v) is 6.49. The fraction of sp³-hybridized carbons (Fsp3) is 0.520. The number of benzene rings is 1. The zero-order chi connectivity index (χ0) is 22.7. The molecule has 2 N–H and O–H groups in total. The molecule has 6 nitrogen and oxygen atoms in total. The molecule has 1 saturated heterocycles. The average Bonchev–Trinajstić information content (AvgIpc) is 3.59. The van der Waals surface area contributed by atoms with E-state index in [0.717, 1.165) is 56.2 Å². The lowest BCUT2D eigenvalue weighted by Crippen LogP contribution is -2.48. The largest absolute Gasteiger partial charge is 0.384 e. The lowest BCUT2D eigenvalue weighted by atomic mass is 9.84. The Morgan fingerprint density at radius 1 is 1.22 bits per heavy atom. The van der Waals surface area contributed by atoms with Gasteiger partial charge in [-0.2, -0.15) is 0 Å². The van der Waals surface area contributed by atoms with Crippen LogP contribution in [0.4, 0.5) is 15.9 Å². The van der Waals surface area contributed by atoms with Crippen LogP contribution in [0, 0.1) is 17.7 Å². The van der Waals surface area contributed by atoms with Gasteiger partial charge in [-0.05, 0) is 67.0 Å². The van der Waals surface area contributed by atoms with Crippen LogP contribution >= 0.6 is 0 Å². The van der Waals surface area contributed by atoms with Crippen LogP contribution in [0.1, 0.15) is 37.9 Å². The van der Waals surface area contributed by atoms with Crippen molar-refractivity contribution in [3.63, 3.8) is 0 Å². The van der Waals surface area contributed by atoms with Gasteiger partial charge in [0.25, 0.3) is 0 Å². The summed E-state index contributed by atoms with van der Waals surface area (Å²) >= 11 is 0. The van der Waals surface area contributed by atoms with Crippen molar-refractivity contribution in [1.29, 1.82) is 0 Å². The smallest absolute Gasteiger partial charge is 0.224 e. The summed E-state index contributed by atoms with van der Waals surface area (Å²) in [5.74, 6) is 1.51. The van der Waals surface area contributed by atoms with Gasteiger partial charge in [0.1, 0.15) is 11.6 Å². The Morgan fingerprint density at radius 2 is 1.97 bits per heavy atom. The number of halogens is 1. The minimum atomic E-state index is -0.214. The van der Waals surface area contributed by atoms with Crippen LogP contribution in [0.25, 0.3) is 0 Å². The Bertz CT molecular complexity index is 943. The second-order valence-corrected chi connectivity index (χ2v) is 9.11. The molecule has 0 bridgehead atoms. The summed E-state index contributed by atoms with van der Waals surface area (Å²) in [6.07, 6.45) is 3.31. The molecular formula is C25H33FN4O2. The summed E-state index contributed by atoms with van der Waals surface area (Å²) in [7, 11) is 0. The van der Waals surface area contributed by atoms with E-state index in [-0.39, 0.29) is 11.7 Å². The lowest BCUT2D eigenvalue weighted by Gasteiger charge is -2.41. The first-order chi connectivity index (χ1) is 15.4. The predicted octanol–water partition coefficient (Wildman–Crippen LogP) is 3.65. The molecule has 0 spiro atoms. The summed E-state index contributed by atoms with van der Waals surface area (Å²) < 4.78 is 18.6. The standard InChI is InChI=1S/C15H18FNO.C10H15N3O/c1-9-7-12-8-13(16)5-6-14(12)17(10(2)18)15(9)11-3-4-11;11-10-3-1-2-9(12-10)8-13-4-6-14-7-5-13/h5-6,8-9,11,15H,3-4,7H2,1-2H3;1-3H,4-8H2,(H2,11,12)/t9?,15-;/m1./s1. The number of amides is 1. The first-order valence-corrected chi connectivity index (χ1v) is 11.5. The summed E-state index contributed by atoms with van der Waals surface area (Å²) in [4.78, 5) is 20.5. The van der Waals surface area contributed by atoms with Gasteiger partial charge in [-0.3, -0.25) is 9.69 Å². The fourth-order valence-electron chi connectivity index (χ4n) is 4.90. The number of pyridine rings is 1. The first kappa shape index (κ1) is 22.7. The van der Waals surface area contributed by atoms with E-state index in [9.17, 15) is 9.18 Å². The third kappa shape index (κ3) is 5.45. The summed E-state index contributed by atoms with van der Waals surface area (Å²) in [5, 5.41) is 0. The average molecular weight is 441 g/mol. The predicted molar refractivity (Wildman–Crippen MR) is 124 cm³/mol. The number of carbonyl (C=O) groups is 1. The second kappa shape index (κ2) is 9.96. The summed E-state index contributed by atoms with van der Waals surface area (Å²) in [6.45, 7) is 8.26.